The van der Waals surface area contributed by atoms with Crippen LogP contribution in [0.5, 0.6) is 0 Å². The van der Waals surface area contributed by atoms with Gasteiger partial charge in [-0.1, -0.05) is 43.3 Å². The van der Waals surface area contributed by atoms with Gasteiger partial charge in [0, 0.05) is 0 Å². The maximum atomic E-state index is 11.8. The lowest BCUT2D eigenvalue weighted by Gasteiger charge is -2.17. The van der Waals surface area contributed by atoms with Gasteiger partial charge in [0.15, 0.2) is 0 Å². The Labute approximate surface area is 142 Å². The Balaban J connectivity index is 1.82. The van der Waals surface area contributed by atoms with E-state index in [4.69, 9.17) is 4.74 Å². The summed E-state index contributed by atoms with van der Waals surface area (Å²) >= 11 is 0. The maximum absolute atomic E-state index is 11.8. The van der Waals surface area contributed by atoms with E-state index in [9.17, 15) is 4.79 Å². The van der Waals surface area contributed by atoms with E-state index in [2.05, 4.69) is 52.9 Å². The van der Waals surface area contributed by atoms with Crippen LogP contribution in [-0.2, 0) is 4.74 Å². The zero-order valence-corrected chi connectivity index (χ0v) is 14.2. The number of ether oxygens (including phenoxy) is 1. The van der Waals surface area contributed by atoms with Crippen molar-refractivity contribution in [2.75, 3.05) is 0 Å². The molecule has 3 rings (SSSR count). The van der Waals surface area contributed by atoms with Crippen molar-refractivity contribution in [2.24, 2.45) is 4.99 Å². The van der Waals surface area contributed by atoms with Gasteiger partial charge >= 0.3 is 6.09 Å². The van der Waals surface area contributed by atoms with E-state index in [0.717, 1.165) is 12.0 Å². The SMILES string of the molecule is CCC1NC(NC(=O)OC(C)C)=NC1c1ccc2ccccc2c1. The molecule has 0 aliphatic carbocycles. The molecule has 2 atom stereocenters. The Bertz CT molecular complexity index is 770. The Morgan fingerprint density at radius 1 is 1.25 bits per heavy atom. The van der Waals surface area contributed by atoms with Crippen molar-refractivity contribution in [1.29, 1.82) is 0 Å². The minimum absolute atomic E-state index is 0.0195. The van der Waals surface area contributed by atoms with Crippen LogP contribution in [0.25, 0.3) is 10.8 Å². The second kappa shape index (κ2) is 6.91. The van der Waals surface area contributed by atoms with Crippen LogP contribution in [0.4, 0.5) is 4.79 Å². The van der Waals surface area contributed by atoms with Crippen LogP contribution in [0, 0.1) is 0 Å². The first-order valence-corrected chi connectivity index (χ1v) is 8.37. The van der Waals surface area contributed by atoms with Gasteiger partial charge in [-0.3, -0.25) is 5.32 Å². The van der Waals surface area contributed by atoms with Crippen LogP contribution in [0.1, 0.15) is 38.8 Å². The molecule has 5 heteroatoms. The number of hydrogen-bond donors (Lipinski definition) is 2. The van der Waals surface area contributed by atoms with Gasteiger partial charge in [-0.05, 0) is 42.7 Å². The average Bonchev–Trinajstić information content (AvgIpc) is 2.96. The van der Waals surface area contributed by atoms with Crippen molar-refractivity contribution >= 4 is 22.8 Å². The number of fused-ring (bicyclic) bond motifs is 1. The predicted molar refractivity (Wildman–Crippen MR) is 96.1 cm³/mol. The summed E-state index contributed by atoms with van der Waals surface area (Å²) in [5, 5.41) is 8.37. The predicted octanol–water partition coefficient (Wildman–Crippen LogP) is 3.75. The molecule has 0 radical (unpaired) electrons. The van der Waals surface area contributed by atoms with Crippen LogP contribution < -0.4 is 10.6 Å². The summed E-state index contributed by atoms with van der Waals surface area (Å²) < 4.78 is 5.11. The molecule has 126 valence electrons. The van der Waals surface area contributed by atoms with Crippen molar-refractivity contribution < 1.29 is 9.53 Å². The van der Waals surface area contributed by atoms with Gasteiger partial charge in [0.2, 0.25) is 5.96 Å². The van der Waals surface area contributed by atoms with Gasteiger partial charge < -0.3 is 10.1 Å². The molecule has 1 heterocycles. The van der Waals surface area contributed by atoms with E-state index in [1.54, 1.807) is 0 Å². The van der Waals surface area contributed by atoms with Gasteiger partial charge in [-0.15, -0.1) is 0 Å². The smallest absolute Gasteiger partial charge is 0.414 e. The summed E-state index contributed by atoms with van der Waals surface area (Å²) in [6.07, 6.45) is 0.265. The number of benzene rings is 2. The molecule has 2 aromatic rings. The van der Waals surface area contributed by atoms with Gasteiger partial charge in [0.25, 0.3) is 0 Å². The standard InChI is InChI=1S/C19H23N3O2/c1-4-16-17(21-18(20-16)22-19(23)24-12(2)3)15-10-9-13-7-5-6-8-14(13)11-15/h5-12,16-17H,4H2,1-3H3,(H2,20,21,22,23). The summed E-state index contributed by atoms with van der Waals surface area (Å²) in [6, 6.07) is 14.8. The minimum Gasteiger partial charge on any atom is -0.447 e. The Kier molecular flexibility index (Phi) is 4.69. The number of alkyl carbamates (subject to hydrolysis) is 1. The van der Waals surface area contributed by atoms with E-state index in [0.29, 0.717) is 5.96 Å². The fourth-order valence-corrected chi connectivity index (χ4v) is 2.95. The first-order chi connectivity index (χ1) is 11.6. The molecule has 2 aromatic carbocycles. The van der Waals surface area contributed by atoms with Gasteiger partial charge in [0.05, 0.1) is 18.2 Å². The van der Waals surface area contributed by atoms with Crippen LogP contribution in [0.2, 0.25) is 0 Å². The minimum atomic E-state index is -0.481. The zero-order chi connectivity index (χ0) is 17.1. The molecule has 0 fully saturated rings. The number of rotatable bonds is 3. The molecule has 2 N–H and O–H groups in total. The molecule has 1 aliphatic rings. The molecule has 5 nitrogen and oxygen atoms in total. The molecular weight excluding hydrogens is 302 g/mol. The first-order valence-electron chi connectivity index (χ1n) is 8.37. The molecule has 1 amide bonds. The van der Waals surface area contributed by atoms with Crippen molar-refractivity contribution in [3.8, 4) is 0 Å². The molecule has 0 saturated heterocycles. The molecular formula is C19H23N3O2. The third-order valence-corrected chi connectivity index (χ3v) is 4.09. The van der Waals surface area contributed by atoms with Crippen molar-refractivity contribution in [2.45, 2.75) is 45.4 Å². The number of carbonyl (C=O) groups is 1. The fraction of sp³-hybridized carbons (Fsp3) is 0.368. The summed E-state index contributed by atoms with van der Waals surface area (Å²) in [7, 11) is 0. The summed E-state index contributed by atoms with van der Waals surface area (Å²) in [6.45, 7) is 5.74. The topological polar surface area (TPSA) is 62.7 Å². The summed E-state index contributed by atoms with van der Waals surface area (Å²) in [5.41, 5.74) is 1.14. The van der Waals surface area contributed by atoms with E-state index >= 15 is 0 Å². The number of nitrogens with one attached hydrogen (secondary N) is 2. The average molecular weight is 325 g/mol. The van der Waals surface area contributed by atoms with E-state index < -0.39 is 6.09 Å². The van der Waals surface area contributed by atoms with Gasteiger partial charge in [-0.25, -0.2) is 9.79 Å². The number of amides is 1. The van der Waals surface area contributed by atoms with Crippen LogP contribution in [0.15, 0.2) is 47.5 Å². The van der Waals surface area contributed by atoms with Crippen molar-refractivity contribution in [1.82, 2.24) is 10.6 Å². The number of carbonyl (C=O) groups excluding carboxylic acids is 1. The van der Waals surface area contributed by atoms with E-state index in [1.807, 2.05) is 26.0 Å². The monoisotopic (exact) mass is 325 g/mol. The highest BCUT2D eigenvalue weighted by atomic mass is 16.6. The number of hydrogen-bond acceptors (Lipinski definition) is 4. The van der Waals surface area contributed by atoms with Crippen LogP contribution in [0.3, 0.4) is 0 Å². The Morgan fingerprint density at radius 2 is 2.00 bits per heavy atom. The Morgan fingerprint density at radius 3 is 2.71 bits per heavy atom. The molecule has 2 unspecified atom stereocenters. The first kappa shape index (κ1) is 16.3. The highest BCUT2D eigenvalue weighted by molar-refractivity contribution is 5.95. The third-order valence-electron chi connectivity index (χ3n) is 4.09. The lowest BCUT2D eigenvalue weighted by molar-refractivity contribution is 0.120. The number of aliphatic imine (C=N–C) groups is 1. The molecule has 24 heavy (non-hydrogen) atoms. The third kappa shape index (κ3) is 3.50. The summed E-state index contributed by atoms with van der Waals surface area (Å²) in [4.78, 5) is 16.4. The quantitative estimate of drug-likeness (QED) is 0.903. The lowest BCUT2D eigenvalue weighted by atomic mass is 9.96. The van der Waals surface area contributed by atoms with Gasteiger partial charge in [-0.2, -0.15) is 0 Å². The van der Waals surface area contributed by atoms with E-state index in [1.165, 1.54) is 10.8 Å². The van der Waals surface area contributed by atoms with Crippen molar-refractivity contribution in [3.05, 3.63) is 48.0 Å². The van der Waals surface area contributed by atoms with Crippen molar-refractivity contribution in [3.63, 3.8) is 0 Å². The largest absolute Gasteiger partial charge is 0.447 e. The highest BCUT2D eigenvalue weighted by Crippen LogP contribution is 2.29. The second-order valence-electron chi connectivity index (χ2n) is 6.27. The van der Waals surface area contributed by atoms with E-state index in [-0.39, 0.29) is 18.2 Å². The Hall–Kier alpha value is -2.56. The molecule has 1 aliphatic heterocycles. The normalized spacial score (nSPS) is 19.9. The number of nitrogens with zero attached hydrogens (tertiary/aromatic N) is 1. The maximum Gasteiger partial charge on any atom is 0.414 e. The zero-order valence-electron chi connectivity index (χ0n) is 14.2. The number of guanidine groups is 1. The van der Waals surface area contributed by atoms with Gasteiger partial charge in [0.1, 0.15) is 0 Å². The van der Waals surface area contributed by atoms with Crippen LogP contribution in [-0.4, -0.2) is 24.2 Å². The summed E-state index contributed by atoms with van der Waals surface area (Å²) in [5.74, 6) is 0.477. The molecule has 0 aromatic heterocycles. The van der Waals surface area contributed by atoms with Crippen LogP contribution >= 0.6 is 0 Å². The molecule has 0 bridgehead atoms. The second-order valence-corrected chi connectivity index (χ2v) is 6.27. The lowest BCUT2D eigenvalue weighted by Crippen LogP contribution is -2.42. The molecule has 0 spiro atoms. The fourth-order valence-electron chi connectivity index (χ4n) is 2.95. The molecule has 0 saturated carbocycles. The highest BCUT2D eigenvalue weighted by Gasteiger charge is 2.29.